The predicted molar refractivity (Wildman–Crippen MR) is 62.7 cm³/mol. The number of nitro groups is 1. The van der Waals surface area contributed by atoms with Crippen LogP contribution in [0.2, 0.25) is 0 Å². The average molecular weight is 238 g/mol. The molecule has 0 aliphatic heterocycles. The smallest absolute Gasteiger partial charge is 0.275 e. The Labute approximate surface area is 98.6 Å². The topological polar surface area (TPSA) is 90.2 Å². The average Bonchev–Trinajstić information content (AvgIpc) is 2.29. The van der Waals surface area contributed by atoms with Crippen LogP contribution in [0.5, 0.6) is 0 Å². The van der Waals surface area contributed by atoms with Gasteiger partial charge in [-0.15, -0.1) is 0 Å². The molecule has 0 saturated carbocycles. The monoisotopic (exact) mass is 238 g/mol. The minimum atomic E-state index is -0.469. The van der Waals surface area contributed by atoms with Gasteiger partial charge in [-0.1, -0.05) is 0 Å². The van der Waals surface area contributed by atoms with Gasteiger partial charge >= 0.3 is 0 Å². The van der Waals surface area contributed by atoms with E-state index < -0.39 is 4.92 Å². The molecule has 0 radical (unpaired) electrons. The van der Waals surface area contributed by atoms with E-state index in [1.165, 1.54) is 12.4 Å². The van der Waals surface area contributed by atoms with Gasteiger partial charge in [-0.25, -0.2) is 15.4 Å². The summed E-state index contributed by atoms with van der Waals surface area (Å²) in [5.41, 5.74) is 3.39. The van der Waals surface area contributed by atoms with Crippen molar-refractivity contribution in [1.82, 2.24) is 9.97 Å². The molecule has 0 amide bonds. The molecule has 0 aliphatic carbocycles. The summed E-state index contributed by atoms with van der Waals surface area (Å²) in [7, 11) is 0. The largest absolute Gasteiger partial charge is 0.278 e. The summed E-state index contributed by atoms with van der Waals surface area (Å²) < 4.78 is 0. The predicted octanol–water partition coefficient (Wildman–Crippen LogP) is 1.79. The van der Waals surface area contributed by atoms with Crippen molar-refractivity contribution in [3.8, 4) is 0 Å². The van der Waals surface area contributed by atoms with Crippen LogP contribution in [0.4, 0.5) is 5.82 Å². The van der Waals surface area contributed by atoms with E-state index >= 15 is 0 Å². The summed E-state index contributed by atoms with van der Waals surface area (Å²) in [4.78, 5) is 23.3. The van der Waals surface area contributed by atoms with Crippen molar-refractivity contribution >= 4 is 11.5 Å². The molecule has 0 unspecified atom stereocenters. The highest BCUT2D eigenvalue weighted by molar-refractivity contribution is 5.70. The third-order valence-corrected chi connectivity index (χ3v) is 2.08. The van der Waals surface area contributed by atoms with Crippen molar-refractivity contribution in [3.05, 3.63) is 33.8 Å². The molecule has 7 nitrogen and oxygen atoms in total. The van der Waals surface area contributed by atoms with Gasteiger partial charge in [0.2, 0.25) is 0 Å². The molecule has 0 aromatic carbocycles. The maximum absolute atomic E-state index is 10.9. The number of aromatic nitrogens is 2. The number of aryl methyl sites for hydroxylation is 1. The molecule has 1 heterocycles. The highest BCUT2D eigenvalue weighted by atomic mass is 16.6. The first-order valence-corrected chi connectivity index (χ1v) is 5.12. The molecule has 1 N–H and O–H groups in total. The maximum Gasteiger partial charge on any atom is 0.278 e. The highest BCUT2D eigenvalue weighted by Crippen LogP contribution is 2.24. The summed E-state index contributed by atoms with van der Waals surface area (Å²) in [6, 6.07) is 0. The third kappa shape index (κ3) is 2.97. The van der Waals surface area contributed by atoms with E-state index in [9.17, 15) is 10.1 Å². The Kier molecular flexibility index (Phi) is 4.53. The van der Waals surface area contributed by atoms with Crippen molar-refractivity contribution in [2.75, 3.05) is 12.1 Å². The Morgan fingerprint density at radius 1 is 1.65 bits per heavy atom. The quantitative estimate of drug-likeness (QED) is 0.621. The van der Waals surface area contributed by atoms with Gasteiger partial charge in [0.15, 0.2) is 5.82 Å². The molecule has 17 heavy (non-hydrogen) atoms. The van der Waals surface area contributed by atoms with Crippen LogP contribution < -0.4 is 5.48 Å². The lowest BCUT2D eigenvalue weighted by atomic mass is 10.1. The Balaban J connectivity index is 3.24. The third-order valence-electron chi connectivity index (χ3n) is 2.08. The second kappa shape index (κ2) is 5.90. The van der Waals surface area contributed by atoms with Crippen molar-refractivity contribution in [2.24, 2.45) is 0 Å². The van der Waals surface area contributed by atoms with E-state index in [1.54, 1.807) is 20.8 Å². The molecule has 7 heteroatoms. The first-order valence-electron chi connectivity index (χ1n) is 5.12. The van der Waals surface area contributed by atoms with Gasteiger partial charge in [0.25, 0.3) is 5.70 Å². The van der Waals surface area contributed by atoms with Crippen molar-refractivity contribution in [2.45, 2.75) is 20.8 Å². The van der Waals surface area contributed by atoms with E-state index in [4.69, 9.17) is 4.84 Å². The fourth-order valence-electron chi connectivity index (χ4n) is 1.34. The molecule has 0 atom stereocenters. The lowest BCUT2D eigenvalue weighted by Crippen LogP contribution is -2.10. The van der Waals surface area contributed by atoms with Crippen LogP contribution in [0.15, 0.2) is 12.4 Å². The number of anilines is 1. The minimum absolute atomic E-state index is 0.0506. The molecule has 92 valence electrons. The van der Waals surface area contributed by atoms with Crippen molar-refractivity contribution in [1.29, 1.82) is 0 Å². The molecular formula is C10H14N4O3. The summed E-state index contributed by atoms with van der Waals surface area (Å²) in [5, 5.41) is 10.9. The van der Waals surface area contributed by atoms with Gasteiger partial charge in [-0.05, 0) is 26.8 Å². The summed E-state index contributed by atoms with van der Waals surface area (Å²) in [5.74, 6) is 0.296. The van der Waals surface area contributed by atoms with Gasteiger partial charge in [0, 0.05) is 0 Å². The molecular weight excluding hydrogens is 224 g/mol. The van der Waals surface area contributed by atoms with E-state index in [-0.39, 0.29) is 5.70 Å². The molecule has 0 spiro atoms. The summed E-state index contributed by atoms with van der Waals surface area (Å²) in [6.07, 6.45) is 2.73. The van der Waals surface area contributed by atoms with Gasteiger partial charge in [-0.3, -0.25) is 15.0 Å². The molecule has 0 bridgehead atoms. The SMILES string of the molecule is C/C=C(\c1c(C)ncnc1NOCC)[N+](=O)[O-]. The molecule has 1 rings (SSSR count). The van der Waals surface area contributed by atoms with E-state index in [0.717, 1.165) is 0 Å². The second-order valence-corrected chi connectivity index (χ2v) is 3.15. The zero-order valence-corrected chi connectivity index (χ0v) is 9.93. The number of allylic oxidation sites excluding steroid dienone is 1. The van der Waals surface area contributed by atoms with Crippen LogP contribution in [-0.4, -0.2) is 21.5 Å². The van der Waals surface area contributed by atoms with Crippen LogP contribution in [0, 0.1) is 17.0 Å². The second-order valence-electron chi connectivity index (χ2n) is 3.15. The number of nitrogens with one attached hydrogen (secondary N) is 1. The van der Waals surface area contributed by atoms with E-state index in [0.29, 0.717) is 23.7 Å². The van der Waals surface area contributed by atoms with Gasteiger partial charge in [0.1, 0.15) is 11.9 Å². The number of hydrogen-bond acceptors (Lipinski definition) is 6. The number of rotatable bonds is 5. The Hall–Kier alpha value is -2.02. The maximum atomic E-state index is 10.9. The van der Waals surface area contributed by atoms with Crippen molar-refractivity contribution < 1.29 is 9.76 Å². The lowest BCUT2D eigenvalue weighted by Gasteiger charge is -2.09. The molecule has 1 aromatic heterocycles. The van der Waals surface area contributed by atoms with Crippen LogP contribution >= 0.6 is 0 Å². The van der Waals surface area contributed by atoms with Crippen LogP contribution in [0.25, 0.3) is 5.70 Å². The number of hydrogen-bond donors (Lipinski definition) is 1. The Bertz CT molecular complexity index is 445. The first-order chi connectivity index (χ1) is 8.11. The fourth-order valence-corrected chi connectivity index (χ4v) is 1.34. The molecule has 0 saturated heterocycles. The van der Waals surface area contributed by atoms with Crippen LogP contribution in [-0.2, 0) is 4.84 Å². The van der Waals surface area contributed by atoms with Gasteiger partial charge in [0.05, 0.1) is 17.2 Å². The molecule has 0 fully saturated rings. The van der Waals surface area contributed by atoms with Gasteiger partial charge in [-0.2, -0.15) is 0 Å². The van der Waals surface area contributed by atoms with Crippen molar-refractivity contribution in [3.63, 3.8) is 0 Å². The van der Waals surface area contributed by atoms with Crippen LogP contribution in [0.1, 0.15) is 25.1 Å². The molecule has 1 aromatic rings. The van der Waals surface area contributed by atoms with E-state index in [1.807, 2.05) is 0 Å². The van der Waals surface area contributed by atoms with Crippen LogP contribution in [0.3, 0.4) is 0 Å². The number of nitrogens with zero attached hydrogens (tertiary/aromatic N) is 3. The first kappa shape index (κ1) is 13.0. The lowest BCUT2D eigenvalue weighted by molar-refractivity contribution is -0.375. The minimum Gasteiger partial charge on any atom is -0.275 e. The fraction of sp³-hybridized carbons (Fsp3) is 0.400. The summed E-state index contributed by atoms with van der Waals surface area (Å²) >= 11 is 0. The highest BCUT2D eigenvalue weighted by Gasteiger charge is 2.21. The Morgan fingerprint density at radius 2 is 2.35 bits per heavy atom. The normalized spacial score (nSPS) is 11.4. The zero-order chi connectivity index (χ0) is 12.8. The standard InChI is InChI=1S/C10H14N4O3/c1-4-8(14(15)16)9-7(3)11-6-12-10(9)13-17-5-2/h4,6H,5H2,1-3H3,(H,11,12,13)/b8-4+. The Morgan fingerprint density at radius 3 is 2.88 bits per heavy atom. The van der Waals surface area contributed by atoms with E-state index in [2.05, 4.69) is 15.4 Å². The van der Waals surface area contributed by atoms with Gasteiger partial charge < -0.3 is 0 Å². The zero-order valence-electron chi connectivity index (χ0n) is 9.93. The molecule has 0 aliphatic rings. The summed E-state index contributed by atoms with van der Waals surface area (Å²) in [6.45, 7) is 5.49.